The fourth-order valence-corrected chi connectivity index (χ4v) is 3.22. The van der Waals surface area contributed by atoms with Gasteiger partial charge in [-0.2, -0.15) is 0 Å². The van der Waals surface area contributed by atoms with Gasteiger partial charge in [-0.1, -0.05) is 23.8 Å². The minimum absolute atomic E-state index is 0.306. The van der Waals surface area contributed by atoms with Gasteiger partial charge in [0, 0.05) is 22.2 Å². The Kier molecular flexibility index (Phi) is 4.99. The topological polar surface area (TPSA) is 97.1 Å². The summed E-state index contributed by atoms with van der Waals surface area (Å²) < 4.78 is 0. The van der Waals surface area contributed by atoms with Gasteiger partial charge in [0.15, 0.2) is 5.13 Å². The number of aromatic nitrogens is 1. The van der Waals surface area contributed by atoms with Crippen LogP contribution in [0.2, 0.25) is 0 Å². The molecule has 0 radical (unpaired) electrons. The van der Waals surface area contributed by atoms with Crippen LogP contribution in [-0.4, -0.2) is 16.9 Å². The minimum Gasteiger partial charge on any atom is -0.351 e. The van der Waals surface area contributed by atoms with Crippen LogP contribution in [-0.2, 0) is 0 Å². The highest BCUT2D eigenvalue weighted by Crippen LogP contribution is 2.28. The van der Waals surface area contributed by atoms with Crippen LogP contribution in [0.4, 0.5) is 15.6 Å². The molecule has 132 valence electrons. The number of nitrogens with two attached hydrogens (primary N) is 1. The van der Waals surface area contributed by atoms with Crippen molar-refractivity contribution in [2.45, 2.75) is 13.8 Å². The molecule has 0 aliphatic rings. The third-order valence-corrected chi connectivity index (χ3v) is 4.54. The summed E-state index contributed by atoms with van der Waals surface area (Å²) in [6, 6.07) is 12.0. The van der Waals surface area contributed by atoms with E-state index in [1.165, 1.54) is 11.3 Å². The number of nitrogens with zero attached hydrogens (tertiary/aromatic N) is 1. The molecule has 26 heavy (non-hydrogen) atoms. The van der Waals surface area contributed by atoms with Crippen molar-refractivity contribution in [3.8, 4) is 11.3 Å². The average molecular weight is 366 g/mol. The number of urea groups is 1. The number of carbonyl (C=O) groups excluding carboxylic acids is 2. The van der Waals surface area contributed by atoms with Crippen molar-refractivity contribution in [1.29, 1.82) is 0 Å². The Labute approximate surface area is 155 Å². The number of carbonyl (C=O) groups is 2. The smallest absolute Gasteiger partial charge is 0.316 e. The van der Waals surface area contributed by atoms with E-state index in [0.29, 0.717) is 16.4 Å². The summed E-state index contributed by atoms with van der Waals surface area (Å²) in [7, 11) is 0. The standard InChI is InChI=1S/C19H18N4O2S/c1-11-6-7-12(2)15(8-11)16-10-26-19(22-16)23-17(24)13-4-3-5-14(9-13)21-18(20)25/h3-10H,1-2H3,(H3,20,21,25)(H,22,23,24). The molecule has 3 rings (SSSR count). The molecule has 1 heterocycles. The summed E-state index contributed by atoms with van der Waals surface area (Å²) >= 11 is 1.36. The van der Waals surface area contributed by atoms with Gasteiger partial charge in [-0.05, 0) is 43.7 Å². The van der Waals surface area contributed by atoms with Crippen molar-refractivity contribution in [1.82, 2.24) is 4.98 Å². The molecule has 6 nitrogen and oxygen atoms in total. The van der Waals surface area contributed by atoms with E-state index in [1.807, 2.05) is 19.2 Å². The van der Waals surface area contributed by atoms with Crippen molar-refractivity contribution in [2.24, 2.45) is 5.73 Å². The van der Waals surface area contributed by atoms with Crippen molar-refractivity contribution >= 4 is 34.1 Å². The molecule has 0 bridgehead atoms. The Bertz CT molecular complexity index is 981. The zero-order valence-electron chi connectivity index (χ0n) is 14.4. The molecule has 3 aromatic rings. The second kappa shape index (κ2) is 7.37. The molecule has 4 N–H and O–H groups in total. The lowest BCUT2D eigenvalue weighted by Gasteiger charge is -2.06. The van der Waals surface area contributed by atoms with Crippen LogP contribution in [0.25, 0.3) is 11.3 Å². The Morgan fingerprint density at radius 2 is 1.88 bits per heavy atom. The number of nitrogens with one attached hydrogen (secondary N) is 2. The number of amides is 3. The highest BCUT2D eigenvalue weighted by molar-refractivity contribution is 7.14. The SMILES string of the molecule is Cc1ccc(C)c(-c2csc(NC(=O)c3cccc(NC(N)=O)c3)n2)c1. The molecule has 0 aliphatic carbocycles. The molecule has 0 fully saturated rings. The summed E-state index contributed by atoms with van der Waals surface area (Å²) in [5, 5.41) is 7.67. The molecule has 0 saturated carbocycles. The number of rotatable bonds is 4. The van der Waals surface area contributed by atoms with Crippen LogP contribution in [0, 0.1) is 13.8 Å². The van der Waals surface area contributed by atoms with Crippen LogP contribution in [0.5, 0.6) is 0 Å². The Morgan fingerprint density at radius 3 is 2.65 bits per heavy atom. The molecule has 3 amide bonds. The summed E-state index contributed by atoms with van der Waals surface area (Å²) in [6.45, 7) is 4.06. The first-order valence-corrected chi connectivity index (χ1v) is 8.81. The third kappa shape index (κ3) is 4.07. The molecular formula is C19H18N4O2S. The molecule has 1 aromatic heterocycles. The van der Waals surface area contributed by atoms with E-state index in [-0.39, 0.29) is 5.91 Å². The minimum atomic E-state index is -0.680. The van der Waals surface area contributed by atoms with E-state index in [1.54, 1.807) is 24.3 Å². The zero-order chi connectivity index (χ0) is 18.7. The number of hydrogen-bond donors (Lipinski definition) is 3. The predicted molar refractivity (Wildman–Crippen MR) is 105 cm³/mol. The van der Waals surface area contributed by atoms with Crippen molar-refractivity contribution in [3.05, 3.63) is 64.5 Å². The first-order valence-electron chi connectivity index (χ1n) is 7.93. The van der Waals surface area contributed by atoms with E-state index in [0.717, 1.165) is 22.4 Å². The van der Waals surface area contributed by atoms with Gasteiger partial charge in [0.05, 0.1) is 5.69 Å². The largest absolute Gasteiger partial charge is 0.351 e. The maximum absolute atomic E-state index is 12.4. The Hall–Kier alpha value is -3.19. The van der Waals surface area contributed by atoms with Crippen molar-refractivity contribution in [2.75, 3.05) is 10.6 Å². The number of primary amides is 1. The quantitative estimate of drug-likeness (QED) is 0.646. The summed E-state index contributed by atoms with van der Waals surface area (Å²) in [5.41, 5.74) is 10.1. The van der Waals surface area contributed by atoms with Gasteiger partial charge in [0.1, 0.15) is 0 Å². The van der Waals surface area contributed by atoms with E-state index in [9.17, 15) is 9.59 Å². The third-order valence-electron chi connectivity index (χ3n) is 3.79. The highest BCUT2D eigenvalue weighted by Gasteiger charge is 2.12. The van der Waals surface area contributed by atoms with Gasteiger partial charge < -0.3 is 11.1 Å². The number of benzene rings is 2. The van der Waals surface area contributed by atoms with Crippen LogP contribution in [0.1, 0.15) is 21.5 Å². The molecule has 7 heteroatoms. The monoisotopic (exact) mass is 366 g/mol. The van der Waals surface area contributed by atoms with Gasteiger partial charge in [-0.25, -0.2) is 9.78 Å². The molecule has 0 saturated heterocycles. The lowest BCUT2D eigenvalue weighted by Crippen LogP contribution is -2.19. The molecule has 2 aromatic carbocycles. The van der Waals surface area contributed by atoms with E-state index in [4.69, 9.17) is 5.73 Å². The zero-order valence-corrected chi connectivity index (χ0v) is 15.2. The first kappa shape index (κ1) is 17.6. The van der Waals surface area contributed by atoms with Gasteiger partial charge >= 0.3 is 6.03 Å². The molecular weight excluding hydrogens is 348 g/mol. The van der Waals surface area contributed by atoms with E-state index in [2.05, 4.69) is 33.8 Å². The van der Waals surface area contributed by atoms with Crippen LogP contribution in [0.3, 0.4) is 0 Å². The summed E-state index contributed by atoms with van der Waals surface area (Å²) in [5.74, 6) is -0.306. The second-order valence-electron chi connectivity index (χ2n) is 5.88. The van der Waals surface area contributed by atoms with Crippen molar-refractivity contribution in [3.63, 3.8) is 0 Å². The van der Waals surface area contributed by atoms with Crippen molar-refractivity contribution < 1.29 is 9.59 Å². The Morgan fingerprint density at radius 1 is 1.08 bits per heavy atom. The second-order valence-corrected chi connectivity index (χ2v) is 6.74. The lowest BCUT2D eigenvalue weighted by molar-refractivity contribution is 0.102. The fraction of sp³-hybridized carbons (Fsp3) is 0.105. The normalized spacial score (nSPS) is 10.4. The maximum atomic E-state index is 12.4. The average Bonchev–Trinajstić information content (AvgIpc) is 3.05. The van der Waals surface area contributed by atoms with Gasteiger partial charge in [-0.3, -0.25) is 10.1 Å². The molecule has 0 unspecified atom stereocenters. The van der Waals surface area contributed by atoms with E-state index < -0.39 is 6.03 Å². The summed E-state index contributed by atoms with van der Waals surface area (Å²) in [4.78, 5) is 27.9. The summed E-state index contributed by atoms with van der Waals surface area (Å²) in [6.07, 6.45) is 0. The van der Waals surface area contributed by atoms with Gasteiger partial charge in [0.25, 0.3) is 5.91 Å². The highest BCUT2D eigenvalue weighted by atomic mass is 32.1. The Balaban J connectivity index is 1.78. The maximum Gasteiger partial charge on any atom is 0.316 e. The number of thiazole rings is 1. The predicted octanol–water partition coefficient (Wildman–Crippen LogP) is 4.17. The first-order chi connectivity index (χ1) is 12.4. The number of aryl methyl sites for hydroxylation is 2. The van der Waals surface area contributed by atoms with Crippen LogP contribution in [0.15, 0.2) is 47.8 Å². The molecule has 0 spiro atoms. The van der Waals surface area contributed by atoms with Crippen LogP contribution >= 0.6 is 11.3 Å². The van der Waals surface area contributed by atoms with Crippen LogP contribution < -0.4 is 16.4 Å². The van der Waals surface area contributed by atoms with Gasteiger partial charge in [-0.15, -0.1) is 11.3 Å². The number of anilines is 2. The number of hydrogen-bond acceptors (Lipinski definition) is 4. The molecule has 0 aliphatic heterocycles. The van der Waals surface area contributed by atoms with E-state index >= 15 is 0 Å². The fourth-order valence-electron chi connectivity index (χ4n) is 2.52. The molecule has 0 atom stereocenters. The van der Waals surface area contributed by atoms with Gasteiger partial charge in [0.2, 0.25) is 0 Å². The lowest BCUT2D eigenvalue weighted by atomic mass is 10.0.